The molecule has 54 valence electrons. The Bertz CT molecular complexity index is 89.1. The fourth-order valence-corrected chi connectivity index (χ4v) is 1.82. The minimum atomic E-state index is 0.230. The summed E-state index contributed by atoms with van der Waals surface area (Å²) in [4.78, 5) is 0. The van der Waals surface area contributed by atoms with E-state index < -0.39 is 0 Å². The molecule has 0 bridgehead atoms. The van der Waals surface area contributed by atoms with Crippen LogP contribution < -0.4 is 5.73 Å². The lowest BCUT2D eigenvalue weighted by molar-refractivity contribution is 0.443. The van der Waals surface area contributed by atoms with E-state index >= 15 is 0 Å². The van der Waals surface area contributed by atoms with Crippen LogP contribution in [0.5, 0.6) is 0 Å². The molecule has 2 atom stereocenters. The van der Waals surface area contributed by atoms with Crippen molar-refractivity contribution in [2.75, 3.05) is 0 Å². The normalized spacial score (nSPS) is 36.7. The zero-order valence-corrected chi connectivity index (χ0v) is 6.23. The lowest BCUT2D eigenvalue weighted by Crippen LogP contribution is -2.34. The van der Waals surface area contributed by atoms with Crippen molar-refractivity contribution in [1.29, 1.82) is 0 Å². The summed E-state index contributed by atoms with van der Waals surface area (Å²) < 4.78 is 8.70. The summed E-state index contributed by atoms with van der Waals surface area (Å²) in [7, 11) is 0. The monoisotopic (exact) mass is 147 g/mol. The Morgan fingerprint density at radius 2 is 2.00 bits per heavy atom. The third kappa shape index (κ3) is 1.85. The number of hydrogen-bond acceptors (Lipinski definition) is 3. The Morgan fingerprint density at radius 1 is 1.33 bits per heavy atom. The van der Waals surface area contributed by atoms with Crippen LogP contribution in [0.3, 0.4) is 0 Å². The van der Waals surface area contributed by atoms with Crippen LogP contribution in [0.2, 0.25) is 0 Å². The quantitative estimate of drug-likeness (QED) is 0.552. The first-order chi connectivity index (χ1) is 4.34. The molecule has 1 fully saturated rings. The SMILES string of the molecule is NC1CCCCC1SO. The van der Waals surface area contributed by atoms with Crippen molar-refractivity contribution in [3.63, 3.8) is 0 Å². The lowest BCUT2D eigenvalue weighted by Gasteiger charge is -2.25. The van der Waals surface area contributed by atoms with Gasteiger partial charge in [-0.05, 0) is 24.9 Å². The Hall–Kier alpha value is 0.270. The molecule has 0 aliphatic heterocycles. The predicted molar refractivity (Wildman–Crippen MR) is 40.5 cm³/mol. The molecule has 2 unspecified atom stereocenters. The third-order valence-corrected chi connectivity index (χ3v) is 2.75. The van der Waals surface area contributed by atoms with Crippen molar-refractivity contribution < 1.29 is 4.55 Å². The number of rotatable bonds is 1. The van der Waals surface area contributed by atoms with E-state index in [1.54, 1.807) is 0 Å². The second-order valence-corrected chi connectivity index (χ2v) is 3.41. The van der Waals surface area contributed by atoms with Crippen molar-refractivity contribution in [3.05, 3.63) is 0 Å². The largest absolute Gasteiger partial charge is 0.330 e. The van der Waals surface area contributed by atoms with Crippen LogP contribution >= 0.6 is 12.0 Å². The zero-order valence-electron chi connectivity index (χ0n) is 5.42. The molecule has 3 heteroatoms. The fraction of sp³-hybridized carbons (Fsp3) is 1.00. The molecular formula is C6H13NOS. The summed E-state index contributed by atoms with van der Waals surface area (Å²) in [6.45, 7) is 0. The van der Waals surface area contributed by atoms with Gasteiger partial charge in [0.1, 0.15) is 0 Å². The van der Waals surface area contributed by atoms with Gasteiger partial charge in [0, 0.05) is 11.3 Å². The molecule has 9 heavy (non-hydrogen) atoms. The molecule has 0 aromatic heterocycles. The van der Waals surface area contributed by atoms with E-state index in [1.807, 2.05) is 0 Å². The highest BCUT2D eigenvalue weighted by Gasteiger charge is 2.21. The number of nitrogens with two attached hydrogens (primary N) is 1. The zero-order chi connectivity index (χ0) is 6.69. The van der Waals surface area contributed by atoms with Crippen molar-refractivity contribution in [3.8, 4) is 0 Å². The highest BCUT2D eigenvalue weighted by Crippen LogP contribution is 2.25. The Balaban J connectivity index is 2.30. The molecule has 1 rings (SSSR count). The molecule has 0 aromatic carbocycles. The molecule has 0 heterocycles. The third-order valence-electron chi connectivity index (χ3n) is 1.89. The minimum absolute atomic E-state index is 0.230. The van der Waals surface area contributed by atoms with Crippen LogP contribution in [0.4, 0.5) is 0 Å². The topological polar surface area (TPSA) is 46.2 Å². The van der Waals surface area contributed by atoms with Gasteiger partial charge in [0.2, 0.25) is 0 Å². The summed E-state index contributed by atoms with van der Waals surface area (Å²) >= 11 is 0.929. The predicted octanol–water partition coefficient (Wildman–Crippen LogP) is 1.46. The standard InChI is InChI=1S/C6H13NOS/c7-5-3-1-2-4-6(5)9-8/h5-6,8H,1-4,7H2. The van der Waals surface area contributed by atoms with Gasteiger partial charge in [-0.15, -0.1) is 0 Å². The first-order valence-corrected chi connectivity index (χ1v) is 4.24. The Kier molecular flexibility index (Phi) is 2.82. The molecule has 0 radical (unpaired) electrons. The van der Waals surface area contributed by atoms with Crippen LogP contribution in [-0.4, -0.2) is 15.8 Å². The van der Waals surface area contributed by atoms with Gasteiger partial charge in [-0.25, -0.2) is 0 Å². The van der Waals surface area contributed by atoms with Gasteiger partial charge in [0.05, 0.1) is 0 Å². The molecule has 1 saturated carbocycles. The molecule has 3 N–H and O–H groups in total. The summed E-state index contributed by atoms with van der Waals surface area (Å²) in [6.07, 6.45) is 4.63. The average Bonchev–Trinajstić information content (AvgIpc) is 1.89. The maximum Gasteiger partial charge on any atom is 0.0459 e. The van der Waals surface area contributed by atoms with Crippen molar-refractivity contribution >= 4 is 12.0 Å². The molecule has 1 aliphatic carbocycles. The van der Waals surface area contributed by atoms with Gasteiger partial charge in [0.25, 0.3) is 0 Å². The van der Waals surface area contributed by atoms with Crippen LogP contribution in [0, 0.1) is 0 Å². The average molecular weight is 147 g/mol. The summed E-state index contributed by atoms with van der Waals surface area (Å²) in [5.74, 6) is 0. The first-order valence-electron chi connectivity index (χ1n) is 3.40. The van der Waals surface area contributed by atoms with E-state index in [4.69, 9.17) is 10.3 Å². The van der Waals surface area contributed by atoms with E-state index in [1.165, 1.54) is 12.8 Å². The molecule has 0 spiro atoms. The van der Waals surface area contributed by atoms with E-state index in [9.17, 15) is 0 Å². The maximum atomic E-state index is 8.70. The Morgan fingerprint density at radius 3 is 2.44 bits per heavy atom. The minimum Gasteiger partial charge on any atom is -0.330 e. The number of hydrogen-bond donors (Lipinski definition) is 2. The fourth-order valence-electron chi connectivity index (χ4n) is 1.26. The smallest absolute Gasteiger partial charge is 0.0459 e. The molecule has 1 aliphatic rings. The van der Waals surface area contributed by atoms with Gasteiger partial charge < -0.3 is 10.3 Å². The summed E-state index contributed by atoms with van der Waals surface area (Å²) in [6, 6.07) is 0.230. The van der Waals surface area contributed by atoms with Crippen LogP contribution in [-0.2, 0) is 0 Å². The van der Waals surface area contributed by atoms with E-state index in [-0.39, 0.29) is 6.04 Å². The van der Waals surface area contributed by atoms with Crippen LogP contribution in [0.25, 0.3) is 0 Å². The summed E-state index contributed by atoms with van der Waals surface area (Å²) in [5.41, 5.74) is 5.71. The van der Waals surface area contributed by atoms with Gasteiger partial charge in [-0.1, -0.05) is 12.8 Å². The maximum absolute atomic E-state index is 8.70. The molecule has 0 aromatic rings. The van der Waals surface area contributed by atoms with Crippen molar-refractivity contribution in [2.24, 2.45) is 5.73 Å². The lowest BCUT2D eigenvalue weighted by atomic mass is 9.96. The van der Waals surface area contributed by atoms with Crippen molar-refractivity contribution in [2.45, 2.75) is 37.0 Å². The molecule has 0 saturated heterocycles. The van der Waals surface area contributed by atoms with E-state index in [0.717, 1.165) is 24.9 Å². The highest BCUT2D eigenvalue weighted by atomic mass is 32.2. The Labute approximate surface area is 60.0 Å². The highest BCUT2D eigenvalue weighted by molar-refractivity contribution is 7.94. The second kappa shape index (κ2) is 3.44. The van der Waals surface area contributed by atoms with Gasteiger partial charge in [-0.3, -0.25) is 0 Å². The summed E-state index contributed by atoms with van der Waals surface area (Å²) in [5, 5.41) is 0.304. The van der Waals surface area contributed by atoms with Gasteiger partial charge in [0.15, 0.2) is 0 Å². The van der Waals surface area contributed by atoms with E-state index in [0.29, 0.717) is 5.25 Å². The molecular weight excluding hydrogens is 134 g/mol. The van der Waals surface area contributed by atoms with Gasteiger partial charge >= 0.3 is 0 Å². The second-order valence-electron chi connectivity index (χ2n) is 2.59. The molecule has 0 amide bonds. The van der Waals surface area contributed by atoms with Gasteiger partial charge in [-0.2, -0.15) is 0 Å². The van der Waals surface area contributed by atoms with Crippen molar-refractivity contribution in [1.82, 2.24) is 0 Å². The van der Waals surface area contributed by atoms with Crippen LogP contribution in [0.15, 0.2) is 0 Å². The van der Waals surface area contributed by atoms with Crippen LogP contribution in [0.1, 0.15) is 25.7 Å². The van der Waals surface area contributed by atoms with E-state index in [2.05, 4.69) is 0 Å². The first kappa shape index (κ1) is 7.38. The molecule has 2 nitrogen and oxygen atoms in total.